The third-order valence-electron chi connectivity index (χ3n) is 2.28. The van der Waals surface area contributed by atoms with Crippen molar-refractivity contribution < 1.29 is 9.59 Å². The lowest BCUT2D eigenvalue weighted by atomic mass is 10.2. The number of hydrogen-bond donors (Lipinski definition) is 2. The molecule has 0 aliphatic heterocycles. The van der Waals surface area contributed by atoms with E-state index in [0.29, 0.717) is 13.0 Å². The summed E-state index contributed by atoms with van der Waals surface area (Å²) < 4.78 is 0. The zero-order valence-corrected chi connectivity index (χ0v) is 10.1. The van der Waals surface area contributed by atoms with Crippen LogP contribution in [0.1, 0.15) is 25.8 Å². The fraction of sp³-hybridized carbons (Fsp3) is 0.417. The second kappa shape index (κ2) is 6.62. The van der Waals surface area contributed by atoms with E-state index >= 15 is 0 Å². The molecule has 1 aromatic heterocycles. The smallest absolute Gasteiger partial charge is 0.242 e. The summed E-state index contributed by atoms with van der Waals surface area (Å²) in [6, 6.07) is 3.17. The summed E-state index contributed by atoms with van der Waals surface area (Å²) in [5.74, 6) is -0.329. The summed E-state index contributed by atoms with van der Waals surface area (Å²) >= 11 is 0. The highest BCUT2D eigenvalue weighted by Crippen LogP contribution is 1.95. The van der Waals surface area contributed by atoms with Crippen LogP contribution in [0.5, 0.6) is 0 Å². The van der Waals surface area contributed by atoms with Gasteiger partial charge < -0.3 is 10.6 Å². The zero-order chi connectivity index (χ0) is 12.7. The van der Waals surface area contributed by atoms with Gasteiger partial charge >= 0.3 is 0 Å². The van der Waals surface area contributed by atoms with Crippen LogP contribution in [0.15, 0.2) is 24.5 Å². The molecule has 0 unspecified atom stereocenters. The van der Waals surface area contributed by atoms with E-state index in [1.54, 1.807) is 26.2 Å². The zero-order valence-electron chi connectivity index (χ0n) is 10.1. The fourth-order valence-electron chi connectivity index (χ4n) is 1.25. The monoisotopic (exact) mass is 235 g/mol. The molecule has 2 amide bonds. The summed E-state index contributed by atoms with van der Waals surface area (Å²) in [7, 11) is 0. The molecule has 0 spiro atoms. The summed E-state index contributed by atoms with van der Waals surface area (Å²) in [4.78, 5) is 26.7. The molecule has 1 rings (SSSR count). The Morgan fingerprint density at radius 3 is 2.82 bits per heavy atom. The van der Waals surface area contributed by atoms with Crippen molar-refractivity contribution in [3.63, 3.8) is 0 Å². The largest absolute Gasteiger partial charge is 0.350 e. The first kappa shape index (κ1) is 13.2. The fourth-order valence-corrected chi connectivity index (χ4v) is 1.25. The van der Waals surface area contributed by atoms with Crippen molar-refractivity contribution in [3.05, 3.63) is 30.1 Å². The van der Waals surface area contributed by atoms with Gasteiger partial charge in [0.25, 0.3) is 0 Å². The highest BCUT2D eigenvalue weighted by atomic mass is 16.2. The maximum Gasteiger partial charge on any atom is 0.242 e. The lowest BCUT2D eigenvalue weighted by Crippen LogP contribution is -2.44. The number of amides is 2. The maximum atomic E-state index is 11.6. The Morgan fingerprint density at radius 1 is 1.47 bits per heavy atom. The first-order chi connectivity index (χ1) is 8.13. The number of aromatic nitrogens is 1. The van der Waals surface area contributed by atoms with E-state index < -0.39 is 6.04 Å². The van der Waals surface area contributed by atoms with E-state index in [9.17, 15) is 9.59 Å². The molecule has 0 bridgehead atoms. The van der Waals surface area contributed by atoms with E-state index in [1.165, 1.54) is 0 Å². The molecule has 17 heavy (non-hydrogen) atoms. The van der Waals surface area contributed by atoms with Crippen molar-refractivity contribution in [2.45, 2.75) is 32.9 Å². The molecule has 0 saturated heterocycles. The standard InChI is InChI=1S/C12H17N3O2/c1-3-11(16)15-9(2)12(17)14-8-10-5-4-6-13-7-10/h4-7,9H,3,8H2,1-2H3,(H,14,17)(H,15,16)/t9-/m0/s1. The molecule has 5 heteroatoms. The minimum Gasteiger partial charge on any atom is -0.350 e. The average Bonchev–Trinajstić information content (AvgIpc) is 2.36. The van der Waals surface area contributed by atoms with Crippen LogP contribution < -0.4 is 10.6 Å². The van der Waals surface area contributed by atoms with Crippen molar-refractivity contribution in [1.82, 2.24) is 15.6 Å². The summed E-state index contributed by atoms with van der Waals surface area (Å²) in [5, 5.41) is 5.33. The summed E-state index contributed by atoms with van der Waals surface area (Å²) in [6.45, 7) is 3.82. The van der Waals surface area contributed by atoms with Gasteiger partial charge in [0.1, 0.15) is 6.04 Å². The number of nitrogens with zero attached hydrogens (tertiary/aromatic N) is 1. The first-order valence-electron chi connectivity index (χ1n) is 5.59. The van der Waals surface area contributed by atoms with Crippen molar-refractivity contribution in [2.75, 3.05) is 0 Å². The van der Waals surface area contributed by atoms with Gasteiger partial charge in [0.15, 0.2) is 0 Å². The topological polar surface area (TPSA) is 71.1 Å². The van der Waals surface area contributed by atoms with Crippen molar-refractivity contribution in [1.29, 1.82) is 0 Å². The number of carbonyl (C=O) groups is 2. The molecule has 1 heterocycles. The molecule has 0 radical (unpaired) electrons. The Labute approximate surface area is 101 Å². The van der Waals surface area contributed by atoms with Crippen LogP contribution in [0.3, 0.4) is 0 Å². The van der Waals surface area contributed by atoms with Gasteiger partial charge in [0.2, 0.25) is 11.8 Å². The second-order valence-electron chi connectivity index (χ2n) is 3.72. The van der Waals surface area contributed by atoms with Gasteiger partial charge in [-0.25, -0.2) is 0 Å². The molecule has 92 valence electrons. The van der Waals surface area contributed by atoms with Crippen molar-refractivity contribution >= 4 is 11.8 Å². The van der Waals surface area contributed by atoms with Crippen LogP contribution in [-0.2, 0) is 16.1 Å². The number of nitrogens with one attached hydrogen (secondary N) is 2. The van der Waals surface area contributed by atoms with Gasteiger partial charge in [-0.2, -0.15) is 0 Å². The first-order valence-corrected chi connectivity index (χ1v) is 5.59. The predicted octanol–water partition coefficient (Wildman–Crippen LogP) is 0.612. The Bertz CT molecular complexity index is 379. The minimum atomic E-state index is -0.515. The molecule has 1 atom stereocenters. The van der Waals surface area contributed by atoms with Crippen LogP contribution in [0.4, 0.5) is 0 Å². The van der Waals surface area contributed by atoms with Crippen molar-refractivity contribution in [2.24, 2.45) is 0 Å². The van der Waals surface area contributed by atoms with Gasteiger partial charge in [-0.3, -0.25) is 14.6 Å². The molecular weight excluding hydrogens is 218 g/mol. The quantitative estimate of drug-likeness (QED) is 0.785. The van der Waals surface area contributed by atoms with E-state index in [2.05, 4.69) is 15.6 Å². The highest BCUT2D eigenvalue weighted by Gasteiger charge is 2.13. The Balaban J connectivity index is 2.37. The average molecular weight is 235 g/mol. The summed E-state index contributed by atoms with van der Waals surface area (Å²) in [5.41, 5.74) is 0.926. The third kappa shape index (κ3) is 4.63. The molecule has 1 aromatic rings. The molecule has 0 aliphatic carbocycles. The lowest BCUT2D eigenvalue weighted by molar-refractivity contribution is -0.128. The highest BCUT2D eigenvalue weighted by molar-refractivity contribution is 5.87. The molecular formula is C12H17N3O2. The van der Waals surface area contributed by atoms with Gasteiger partial charge in [-0.1, -0.05) is 13.0 Å². The normalized spacial score (nSPS) is 11.6. The summed E-state index contributed by atoms with van der Waals surface area (Å²) in [6.07, 6.45) is 3.74. The van der Waals surface area contributed by atoms with E-state index in [0.717, 1.165) is 5.56 Å². The molecule has 0 aromatic carbocycles. The van der Waals surface area contributed by atoms with Gasteiger partial charge in [0, 0.05) is 25.4 Å². The number of pyridine rings is 1. The van der Waals surface area contributed by atoms with Gasteiger partial charge in [-0.15, -0.1) is 0 Å². The molecule has 0 saturated carbocycles. The Kier molecular flexibility index (Phi) is 5.13. The van der Waals surface area contributed by atoms with E-state index in [-0.39, 0.29) is 11.8 Å². The number of carbonyl (C=O) groups excluding carboxylic acids is 2. The molecule has 5 nitrogen and oxygen atoms in total. The third-order valence-corrected chi connectivity index (χ3v) is 2.28. The molecule has 0 aliphatic rings. The second-order valence-corrected chi connectivity index (χ2v) is 3.72. The predicted molar refractivity (Wildman–Crippen MR) is 64.0 cm³/mol. The van der Waals surface area contributed by atoms with Gasteiger partial charge in [-0.05, 0) is 18.6 Å². The van der Waals surface area contributed by atoms with Crippen LogP contribution >= 0.6 is 0 Å². The van der Waals surface area contributed by atoms with Crippen LogP contribution in [0, 0.1) is 0 Å². The molecule has 0 fully saturated rings. The van der Waals surface area contributed by atoms with E-state index in [4.69, 9.17) is 0 Å². The van der Waals surface area contributed by atoms with Crippen molar-refractivity contribution in [3.8, 4) is 0 Å². The number of rotatable bonds is 5. The van der Waals surface area contributed by atoms with Crippen LogP contribution in [0.25, 0.3) is 0 Å². The molecule has 2 N–H and O–H groups in total. The van der Waals surface area contributed by atoms with E-state index in [1.807, 2.05) is 12.1 Å². The Hall–Kier alpha value is -1.91. The number of hydrogen-bond acceptors (Lipinski definition) is 3. The lowest BCUT2D eigenvalue weighted by Gasteiger charge is -2.13. The minimum absolute atomic E-state index is 0.131. The maximum absolute atomic E-state index is 11.6. The van der Waals surface area contributed by atoms with Crippen LogP contribution in [0.2, 0.25) is 0 Å². The van der Waals surface area contributed by atoms with Crippen LogP contribution in [-0.4, -0.2) is 22.8 Å². The SMILES string of the molecule is CCC(=O)N[C@@H](C)C(=O)NCc1cccnc1. The Morgan fingerprint density at radius 2 is 2.24 bits per heavy atom. The van der Waals surface area contributed by atoms with Gasteiger partial charge in [0.05, 0.1) is 0 Å².